The molecule has 178 valence electrons. The number of methoxy groups -OCH3 is 1. The molecule has 1 aromatic heterocycles. The summed E-state index contributed by atoms with van der Waals surface area (Å²) in [6.07, 6.45) is 10.5. The summed E-state index contributed by atoms with van der Waals surface area (Å²) in [5.74, 6) is -0.859. The van der Waals surface area contributed by atoms with Gasteiger partial charge in [-0.3, -0.25) is 14.4 Å². The molecule has 0 aliphatic heterocycles. The van der Waals surface area contributed by atoms with Crippen LogP contribution in [-0.4, -0.2) is 54.1 Å². The van der Waals surface area contributed by atoms with E-state index in [9.17, 15) is 19.2 Å². The van der Waals surface area contributed by atoms with Crippen LogP contribution >= 0.6 is 11.8 Å². The molecule has 1 aliphatic carbocycles. The lowest BCUT2D eigenvalue weighted by Crippen LogP contribution is -2.44. The first-order valence-corrected chi connectivity index (χ1v) is 12.6. The zero-order valence-electron chi connectivity index (χ0n) is 19.4. The van der Waals surface area contributed by atoms with Gasteiger partial charge in [0.1, 0.15) is 17.2 Å². The van der Waals surface area contributed by atoms with Gasteiger partial charge in [0.15, 0.2) is 0 Å². The maximum absolute atomic E-state index is 13.1. The summed E-state index contributed by atoms with van der Waals surface area (Å²) < 4.78 is 6.63. The van der Waals surface area contributed by atoms with Gasteiger partial charge >= 0.3 is 5.97 Å². The Bertz CT molecular complexity index is 862. The number of ether oxygens (including phenoxy) is 1. The maximum Gasteiger partial charge on any atom is 0.328 e. The minimum Gasteiger partial charge on any atom is -0.467 e. The van der Waals surface area contributed by atoms with Crippen LogP contribution in [0.5, 0.6) is 0 Å². The summed E-state index contributed by atoms with van der Waals surface area (Å²) in [5, 5.41) is 5.41. The third-order valence-electron chi connectivity index (χ3n) is 5.60. The Balaban J connectivity index is 2.40. The third kappa shape index (κ3) is 7.12. The number of carbonyl (C=O) groups is 3. The van der Waals surface area contributed by atoms with Crippen LogP contribution in [0, 0.1) is 5.92 Å². The van der Waals surface area contributed by atoms with Gasteiger partial charge in [0.25, 0.3) is 11.8 Å². The molecule has 0 radical (unpaired) electrons. The van der Waals surface area contributed by atoms with Crippen LogP contribution in [0.2, 0.25) is 0 Å². The SMILES string of the molecule is COC(=O)C(CCSC)NC(=O)c1cn(C2CCCCC2)cc(C(=O)NCC(C)C)c1=O. The van der Waals surface area contributed by atoms with Crippen molar-refractivity contribution >= 4 is 29.5 Å². The van der Waals surface area contributed by atoms with Crippen LogP contribution < -0.4 is 16.1 Å². The Morgan fingerprint density at radius 1 is 1.12 bits per heavy atom. The fraction of sp³-hybridized carbons (Fsp3) is 0.652. The van der Waals surface area contributed by atoms with E-state index in [1.54, 1.807) is 18.0 Å². The van der Waals surface area contributed by atoms with Crippen LogP contribution in [0.25, 0.3) is 0 Å². The molecule has 1 saturated carbocycles. The highest BCUT2D eigenvalue weighted by atomic mass is 32.2. The highest BCUT2D eigenvalue weighted by Crippen LogP contribution is 2.28. The normalized spacial score (nSPS) is 15.3. The van der Waals surface area contributed by atoms with Gasteiger partial charge in [0.05, 0.1) is 7.11 Å². The summed E-state index contributed by atoms with van der Waals surface area (Å²) in [7, 11) is 1.26. The number of esters is 1. The zero-order valence-corrected chi connectivity index (χ0v) is 20.3. The fourth-order valence-corrected chi connectivity index (χ4v) is 4.24. The summed E-state index contributed by atoms with van der Waals surface area (Å²) in [6, 6.07) is -0.735. The molecule has 2 N–H and O–H groups in total. The van der Waals surface area contributed by atoms with E-state index in [0.717, 1.165) is 32.1 Å². The lowest BCUT2D eigenvalue weighted by Gasteiger charge is -2.26. The average molecular weight is 466 g/mol. The average Bonchev–Trinajstić information content (AvgIpc) is 2.80. The number of nitrogens with one attached hydrogen (secondary N) is 2. The standard InChI is InChI=1S/C23H35N3O5S/c1-15(2)12-24-21(28)17-13-26(16-8-6-5-7-9-16)14-18(20(17)27)22(29)25-19(10-11-32-4)23(30)31-3/h13-16,19H,5-12H2,1-4H3,(H,24,28)(H,25,29). The molecule has 2 rings (SSSR count). The number of carbonyl (C=O) groups excluding carboxylic acids is 3. The molecule has 1 aromatic rings. The maximum atomic E-state index is 13.1. The van der Waals surface area contributed by atoms with Gasteiger partial charge in [-0.25, -0.2) is 4.79 Å². The first-order chi connectivity index (χ1) is 15.3. The fourth-order valence-electron chi connectivity index (χ4n) is 3.77. The largest absolute Gasteiger partial charge is 0.467 e. The molecule has 1 unspecified atom stereocenters. The highest BCUT2D eigenvalue weighted by molar-refractivity contribution is 7.98. The summed E-state index contributed by atoms with van der Waals surface area (Å²) >= 11 is 1.54. The molecule has 0 aromatic carbocycles. The Kier molecular flexibility index (Phi) is 10.3. The molecule has 1 aliphatic rings. The Hall–Kier alpha value is -2.29. The topological polar surface area (TPSA) is 106 Å². The smallest absolute Gasteiger partial charge is 0.328 e. The lowest BCUT2D eigenvalue weighted by atomic mass is 9.95. The van der Waals surface area contributed by atoms with Crippen LogP contribution in [-0.2, 0) is 9.53 Å². The lowest BCUT2D eigenvalue weighted by molar-refractivity contribution is -0.142. The predicted molar refractivity (Wildman–Crippen MR) is 126 cm³/mol. The summed E-state index contributed by atoms with van der Waals surface area (Å²) in [5.41, 5.74) is -0.822. The number of hydrogen-bond acceptors (Lipinski definition) is 6. The number of pyridine rings is 1. The Morgan fingerprint density at radius 2 is 1.75 bits per heavy atom. The first kappa shape index (κ1) is 26.0. The number of thioether (sulfide) groups is 1. The van der Waals surface area contributed by atoms with Crippen molar-refractivity contribution in [2.24, 2.45) is 5.92 Å². The number of amides is 2. The van der Waals surface area contributed by atoms with Crippen LogP contribution in [0.1, 0.15) is 79.1 Å². The van der Waals surface area contributed by atoms with E-state index in [4.69, 9.17) is 4.74 Å². The monoisotopic (exact) mass is 465 g/mol. The second-order valence-corrected chi connectivity index (χ2v) is 9.57. The molecule has 32 heavy (non-hydrogen) atoms. The van der Waals surface area contributed by atoms with Crippen molar-refractivity contribution < 1.29 is 19.1 Å². The van der Waals surface area contributed by atoms with Gasteiger partial charge in [0.2, 0.25) is 5.43 Å². The third-order valence-corrected chi connectivity index (χ3v) is 6.25. The number of nitrogens with zero attached hydrogens (tertiary/aromatic N) is 1. The number of aromatic nitrogens is 1. The van der Waals surface area contributed by atoms with Gasteiger partial charge in [-0.1, -0.05) is 33.1 Å². The van der Waals surface area contributed by atoms with Crippen LogP contribution in [0.3, 0.4) is 0 Å². The summed E-state index contributed by atoms with van der Waals surface area (Å²) in [6.45, 7) is 4.36. The van der Waals surface area contributed by atoms with E-state index in [1.165, 1.54) is 13.3 Å². The van der Waals surface area contributed by atoms with Gasteiger partial charge in [-0.2, -0.15) is 11.8 Å². The second-order valence-electron chi connectivity index (χ2n) is 8.59. The predicted octanol–water partition coefficient (Wildman–Crippen LogP) is 2.76. The molecule has 9 heteroatoms. The number of hydrogen-bond donors (Lipinski definition) is 2. The van der Waals surface area contributed by atoms with E-state index in [-0.39, 0.29) is 23.1 Å². The van der Waals surface area contributed by atoms with Crippen molar-refractivity contribution in [2.45, 2.75) is 64.5 Å². The van der Waals surface area contributed by atoms with E-state index in [2.05, 4.69) is 10.6 Å². The molecule has 1 atom stereocenters. The van der Waals surface area contributed by atoms with E-state index in [1.807, 2.05) is 24.7 Å². The molecule has 0 spiro atoms. The molecule has 0 saturated heterocycles. The Labute approximate surface area is 193 Å². The number of rotatable bonds is 10. The molecule has 1 fully saturated rings. The van der Waals surface area contributed by atoms with Crippen molar-refractivity contribution in [1.82, 2.24) is 15.2 Å². The van der Waals surface area contributed by atoms with Gasteiger partial charge < -0.3 is 19.9 Å². The minimum atomic E-state index is -0.860. The summed E-state index contributed by atoms with van der Waals surface area (Å²) in [4.78, 5) is 51.1. The molecule has 1 heterocycles. The van der Waals surface area contributed by atoms with Crippen molar-refractivity contribution in [1.29, 1.82) is 0 Å². The van der Waals surface area contributed by atoms with E-state index in [0.29, 0.717) is 18.7 Å². The second kappa shape index (κ2) is 12.7. The minimum absolute atomic E-state index is 0.0531. The molecule has 0 bridgehead atoms. The highest BCUT2D eigenvalue weighted by Gasteiger charge is 2.26. The molecule has 8 nitrogen and oxygen atoms in total. The van der Waals surface area contributed by atoms with Gasteiger partial charge in [-0.15, -0.1) is 0 Å². The van der Waals surface area contributed by atoms with Crippen LogP contribution in [0.4, 0.5) is 0 Å². The van der Waals surface area contributed by atoms with E-state index < -0.39 is 29.3 Å². The van der Waals surface area contributed by atoms with Crippen LogP contribution in [0.15, 0.2) is 17.2 Å². The van der Waals surface area contributed by atoms with Crippen molar-refractivity contribution in [3.63, 3.8) is 0 Å². The van der Waals surface area contributed by atoms with Crippen molar-refractivity contribution in [2.75, 3.05) is 25.7 Å². The Morgan fingerprint density at radius 3 is 2.31 bits per heavy atom. The molecular formula is C23H35N3O5S. The van der Waals surface area contributed by atoms with Gasteiger partial charge in [-0.05, 0) is 37.2 Å². The van der Waals surface area contributed by atoms with E-state index >= 15 is 0 Å². The first-order valence-electron chi connectivity index (χ1n) is 11.2. The zero-order chi connectivity index (χ0) is 23.7. The van der Waals surface area contributed by atoms with Crippen molar-refractivity contribution in [3.05, 3.63) is 33.7 Å². The molecule has 2 amide bonds. The molecular weight excluding hydrogens is 430 g/mol. The van der Waals surface area contributed by atoms with Gasteiger partial charge in [0, 0.05) is 25.0 Å². The van der Waals surface area contributed by atoms with Crippen molar-refractivity contribution in [3.8, 4) is 0 Å². The quantitative estimate of drug-likeness (QED) is 0.515.